The van der Waals surface area contributed by atoms with Crippen LogP contribution in [0.4, 0.5) is 0 Å². The molecular formula is C20H33NO4S. The van der Waals surface area contributed by atoms with E-state index in [1.54, 1.807) is 6.08 Å². The van der Waals surface area contributed by atoms with Gasteiger partial charge < -0.3 is 4.74 Å². The quantitative estimate of drug-likeness (QED) is 0.707. The maximum Gasteiger partial charge on any atom is 0.294 e. The minimum atomic E-state index is -4.17. The van der Waals surface area contributed by atoms with Gasteiger partial charge in [-0.25, -0.2) is 0 Å². The Labute approximate surface area is 158 Å². The van der Waals surface area contributed by atoms with Gasteiger partial charge in [-0.15, -0.1) is 0 Å². The van der Waals surface area contributed by atoms with Crippen molar-refractivity contribution in [3.05, 3.63) is 22.6 Å². The minimum absolute atomic E-state index is 0.0505. The molecule has 0 aromatic rings. The molecule has 0 amide bonds. The second kappa shape index (κ2) is 8.55. The van der Waals surface area contributed by atoms with Crippen LogP contribution in [0.1, 0.15) is 58.3 Å². The van der Waals surface area contributed by atoms with Crippen molar-refractivity contribution in [2.75, 3.05) is 32.8 Å². The molecule has 2 aliphatic carbocycles. The summed E-state index contributed by atoms with van der Waals surface area (Å²) < 4.78 is 39.0. The van der Waals surface area contributed by atoms with Gasteiger partial charge >= 0.3 is 0 Å². The van der Waals surface area contributed by atoms with Gasteiger partial charge in [-0.05, 0) is 55.1 Å². The van der Waals surface area contributed by atoms with Crippen LogP contribution < -0.4 is 0 Å². The van der Waals surface area contributed by atoms with Gasteiger partial charge in [0.25, 0.3) is 10.1 Å². The van der Waals surface area contributed by atoms with Crippen molar-refractivity contribution in [3.8, 4) is 0 Å². The average molecular weight is 384 g/mol. The van der Waals surface area contributed by atoms with Crippen LogP contribution in [0.15, 0.2) is 22.6 Å². The van der Waals surface area contributed by atoms with Crippen LogP contribution in [0.25, 0.3) is 0 Å². The van der Waals surface area contributed by atoms with E-state index in [-0.39, 0.29) is 10.3 Å². The summed E-state index contributed by atoms with van der Waals surface area (Å²) in [5.74, 6) is 0.624. The number of rotatable bonds is 6. The molecule has 2 fully saturated rings. The van der Waals surface area contributed by atoms with Crippen LogP contribution in [0.3, 0.4) is 0 Å². The number of hydrogen-bond donors (Lipinski definition) is 1. The lowest BCUT2D eigenvalue weighted by molar-refractivity contribution is 0.0380. The van der Waals surface area contributed by atoms with Crippen molar-refractivity contribution in [1.29, 1.82) is 0 Å². The van der Waals surface area contributed by atoms with Crippen molar-refractivity contribution in [2.45, 2.75) is 58.3 Å². The van der Waals surface area contributed by atoms with Gasteiger partial charge in [-0.3, -0.25) is 9.45 Å². The summed E-state index contributed by atoms with van der Waals surface area (Å²) in [4.78, 5) is 2.47. The van der Waals surface area contributed by atoms with Crippen molar-refractivity contribution >= 4 is 10.1 Å². The number of hydrogen-bond acceptors (Lipinski definition) is 4. The van der Waals surface area contributed by atoms with E-state index in [9.17, 15) is 13.0 Å². The van der Waals surface area contributed by atoms with Gasteiger partial charge in [-0.2, -0.15) is 8.42 Å². The SMILES string of the molecule is CCC1(C2CCCCC2)C=CC(S(=O)(=O)O)=C(CCN2CCOCC2)C1. The van der Waals surface area contributed by atoms with Crippen LogP contribution in [0.2, 0.25) is 0 Å². The number of ether oxygens (including phenoxy) is 1. The van der Waals surface area contributed by atoms with E-state index in [0.29, 0.717) is 12.3 Å². The largest absolute Gasteiger partial charge is 0.379 e. The summed E-state index contributed by atoms with van der Waals surface area (Å²) in [5.41, 5.74) is 0.962. The highest BCUT2D eigenvalue weighted by molar-refractivity contribution is 7.90. The summed E-state index contributed by atoms with van der Waals surface area (Å²) >= 11 is 0. The number of allylic oxidation sites excluding steroid dienone is 2. The fourth-order valence-electron chi connectivity index (χ4n) is 4.99. The van der Waals surface area contributed by atoms with Gasteiger partial charge in [0, 0.05) is 19.6 Å². The molecule has 1 unspecified atom stereocenters. The molecule has 3 aliphatic rings. The Balaban J connectivity index is 1.80. The molecule has 5 nitrogen and oxygen atoms in total. The number of nitrogens with zero attached hydrogens (tertiary/aromatic N) is 1. The van der Waals surface area contributed by atoms with Gasteiger partial charge in [0.05, 0.1) is 18.1 Å². The van der Waals surface area contributed by atoms with E-state index in [4.69, 9.17) is 4.74 Å². The summed E-state index contributed by atoms with van der Waals surface area (Å²) in [5, 5.41) is 0. The zero-order valence-corrected chi connectivity index (χ0v) is 16.8. The lowest BCUT2D eigenvalue weighted by Gasteiger charge is -2.43. The minimum Gasteiger partial charge on any atom is -0.379 e. The molecule has 0 bridgehead atoms. The summed E-state index contributed by atoms with van der Waals surface area (Å²) in [6, 6.07) is 0. The molecule has 6 heteroatoms. The Morgan fingerprint density at radius 2 is 1.92 bits per heavy atom. The molecule has 1 N–H and O–H groups in total. The molecule has 1 saturated carbocycles. The lowest BCUT2D eigenvalue weighted by atomic mass is 9.62. The Morgan fingerprint density at radius 1 is 1.23 bits per heavy atom. The molecule has 0 spiro atoms. The summed E-state index contributed by atoms with van der Waals surface area (Å²) in [7, 11) is -4.17. The van der Waals surface area contributed by atoms with E-state index in [0.717, 1.165) is 51.3 Å². The van der Waals surface area contributed by atoms with Crippen LogP contribution in [0.5, 0.6) is 0 Å². The maximum absolute atomic E-state index is 11.9. The summed E-state index contributed by atoms with van der Waals surface area (Å²) in [6.45, 7) is 6.32. The molecular weight excluding hydrogens is 350 g/mol. The first-order chi connectivity index (χ1) is 12.4. The molecule has 1 heterocycles. The third kappa shape index (κ3) is 4.58. The third-order valence-electron chi connectivity index (χ3n) is 6.65. The smallest absolute Gasteiger partial charge is 0.294 e. The molecule has 1 atom stereocenters. The van der Waals surface area contributed by atoms with E-state index in [1.165, 1.54) is 32.1 Å². The molecule has 3 rings (SSSR count). The highest BCUT2D eigenvalue weighted by Gasteiger charge is 2.39. The van der Waals surface area contributed by atoms with Gasteiger partial charge in [-0.1, -0.05) is 32.3 Å². The Morgan fingerprint density at radius 3 is 2.54 bits per heavy atom. The highest BCUT2D eigenvalue weighted by Crippen LogP contribution is 2.49. The fraction of sp³-hybridized carbons (Fsp3) is 0.800. The molecule has 0 aromatic carbocycles. The predicted octanol–water partition coefficient (Wildman–Crippen LogP) is 3.79. The van der Waals surface area contributed by atoms with Crippen LogP contribution in [-0.2, 0) is 14.9 Å². The van der Waals surface area contributed by atoms with Gasteiger partial charge in [0.1, 0.15) is 0 Å². The predicted molar refractivity (Wildman–Crippen MR) is 104 cm³/mol. The lowest BCUT2D eigenvalue weighted by Crippen LogP contribution is -2.38. The molecule has 0 aromatic heterocycles. The number of morpholine rings is 1. The normalized spacial score (nSPS) is 29.3. The van der Waals surface area contributed by atoms with Crippen molar-refractivity contribution in [3.63, 3.8) is 0 Å². The second-order valence-electron chi connectivity index (χ2n) is 8.08. The standard InChI is InChI=1S/C20H33NO4S/c1-2-20(18-6-4-3-5-7-18)10-8-19(26(22,23)24)17(16-20)9-11-21-12-14-25-15-13-21/h8,10,18H,2-7,9,11-16H2,1H3,(H,22,23,24). The Kier molecular flexibility index (Phi) is 6.59. The van der Waals surface area contributed by atoms with E-state index in [1.807, 2.05) is 0 Å². The molecule has 0 radical (unpaired) electrons. The first-order valence-corrected chi connectivity index (χ1v) is 11.6. The third-order valence-corrected chi connectivity index (χ3v) is 7.63. The first-order valence-electron chi connectivity index (χ1n) is 10.1. The van der Waals surface area contributed by atoms with Crippen molar-refractivity contribution in [1.82, 2.24) is 4.90 Å². The van der Waals surface area contributed by atoms with Crippen LogP contribution in [0, 0.1) is 11.3 Å². The Bertz CT molecular complexity index is 643. The molecule has 1 aliphatic heterocycles. The summed E-state index contributed by atoms with van der Waals surface area (Å²) in [6.07, 6.45) is 12.6. The topological polar surface area (TPSA) is 66.8 Å². The zero-order chi connectivity index (χ0) is 18.6. The van der Waals surface area contributed by atoms with Gasteiger partial charge in [0.15, 0.2) is 0 Å². The average Bonchev–Trinajstić information content (AvgIpc) is 2.67. The molecule has 148 valence electrons. The van der Waals surface area contributed by atoms with E-state index >= 15 is 0 Å². The fourth-order valence-corrected chi connectivity index (χ4v) is 5.77. The van der Waals surface area contributed by atoms with Crippen LogP contribution >= 0.6 is 0 Å². The van der Waals surface area contributed by atoms with Gasteiger partial charge in [0.2, 0.25) is 0 Å². The van der Waals surface area contributed by atoms with Crippen molar-refractivity contribution < 1.29 is 17.7 Å². The second-order valence-corrected chi connectivity index (χ2v) is 9.47. The van der Waals surface area contributed by atoms with E-state index < -0.39 is 10.1 Å². The van der Waals surface area contributed by atoms with Crippen LogP contribution in [-0.4, -0.2) is 50.7 Å². The van der Waals surface area contributed by atoms with Crippen molar-refractivity contribution in [2.24, 2.45) is 11.3 Å². The molecule has 26 heavy (non-hydrogen) atoms. The monoisotopic (exact) mass is 383 g/mol. The highest BCUT2D eigenvalue weighted by atomic mass is 32.2. The maximum atomic E-state index is 11.9. The zero-order valence-electron chi connectivity index (χ0n) is 16.0. The molecule has 1 saturated heterocycles. The first kappa shape index (κ1) is 20.1. The Hall–Kier alpha value is -0.690. The van der Waals surface area contributed by atoms with E-state index in [2.05, 4.69) is 17.9 Å².